The normalized spacial score (nSPS) is 14.9. The Kier molecular flexibility index (Phi) is 9.38. The smallest absolute Gasteiger partial charge is 0.148 e. The van der Waals surface area contributed by atoms with Crippen LogP contribution in [0.3, 0.4) is 0 Å². The van der Waals surface area contributed by atoms with Crippen LogP contribution in [0.2, 0.25) is 0 Å². The molecule has 328 valence electrons. The molecule has 0 amide bonds. The Bertz CT molecular complexity index is 3520. The minimum atomic E-state index is -3.50. The summed E-state index contributed by atoms with van der Waals surface area (Å²) in [4.78, 5) is 10.3. The molecule has 0 unspecified atom stereocenters. The van der Waals surface area contributed by atoms with Crippen molar-refractivity contribution in [2.24, 2.45) is 0 Å². The van der Waals surface area contributed by atoms with Crippen LogP contribution in [0.1, 0.15) is 97.0 Å². The van der Waals surface area contributed by atoms with Crippen LogP contribution in [0, 0.1) is 13.0 Å². The van der Waals surface area contributed by atoms with Crippen molar-refractivity contribution < 1.29 is 39.9 Å². The van der Waals surface area contributed by atoms with Gasteiger partial charge in [0, 0.05) is 52.2 Å². The summed E-state index contributed by atoms with van der Waals surface area (Å²) in [6.45, 7) is 1.31. The van der Waals surface area contributed by atoms with E-state index in [1.165, 1.54) is 12.1 Å². The molecular weight excluding hydrogens is 974 g/mol. The Labute approximate surface area is 413 Å². The van der Waals surface area contributed by atoms with E-state index in [-0.39, 0.29) is 32.2 Å². The molecule has 9 rings (SSSR count). The van der Waals surface area contributed by atoms with E-state index in [1.807, 2.05) is 128 Å². The van der Waals surface area contributed by atoms with Crippen LogP contribution in [-0.2, 0) is 31.9 Å². The van der Waals surface area contributed by atoms with Crippen LogP contribution in [-0.4, -0.2) is 19.6 Å². The maximum absolute atomic E-state index is 12.1. The Morgan fingerprint density at radius 1 is 0.615 bits per heavy atom. The summed E-state index contributed by atoms with van der Waals surface area (Å²) in [6.07, 6.45) is 1.78. The van der Waals surface area contributed by atoms with Gasteiger partial charge in [-0.1, -0.05) is 187 Å². The van der Waals surface area contributed by atoms with Crippen molar-refractivity contribution in [3.05, 3.63) is 192 Å². The van der Waals surface area contributed by atoms with Gasteiger partial charge in [0.15, 0.2) is 0 Å². The van der Waals surface area contributed by atoms with Crippen molar-refractivity contribution >= 4 is 11.0 Å². The molecule has 1 N–H and O–H groups in total. The number of fused-ring (bicyclic) bond motifs is 1. The molecule has 7 aromatic carbocycles. The fourth-order valence-corrected chi connectivity index (χ4v) is 8.34. The molecule has 0 aliphatic heterocycles. The average Bonchev–Trinajstić information content (AvgIpc) is 3.73. The first-order valence-electron chi connectivity index (χ1n) is 26.5. The third-order valence-electron chi connectivity index (χ3n) is 11.9. The van der Waals surface area contributed by atoms with Crippen molar-refractivity contribution in [3.63, 3.8) is 0 Å². The molecule has 0 fully saturated rings. The second kappa shape index (κ2) is 17.9. The van der Waals surface area contributed by atoms with Crippen LogP contribution in [0.15, 0.2) is 164 Å². The molecule has 9 aromatic rings. The predicted molar refractivity (Wildman–Crippen MR) is 268 cm³/mol. The third kappa shape index (κ3) is 9.02. The van der Waals surface area contributed by atoms with Gasteiger partial charge >= 0.3 is 0 Å². The molecule has 0 radical (unpaired) electrons. The molecular formula is C60H56N3OPt-. The van der Waals surface area contributed by atoms with Gasteiger partial charge in [-0.2, -0.15) is 0 Å². The van der Waals surface area contributed by atoms with Gasteiger partial charge in [-0.05, 0) is 98.5 Å². The van der Waals surface area contributed by atoms with Crippen molar-refractivity contribution in [1.82, 2.24) is 14.5 Å². The van der Waals surface area contributed by atoms with Gasteiger partial charge in [0.1, 0.15) is 11.6 Å². The zero-order valence-corrected chi connectivity index (χ0v) is 39.5. The van der Waals surface area contributed by atoms with Crippen molar-refractivity contribution in [2.75, 3.05) is 0 Å². The second-order valence-corrected chi connectivity index (χ2v) is 17.8. The van der Waals surface area contributed by atoms with E-state index in [2.05, 4.69) is 39.0 Å². The molecule has 0 aliphatic carbocycles. The van der Waals surface area contributed by atoms with Gasteiger partial charge in [-0.25, -0.2) is 4.98 Å². The number of aromatic nitrogens is 3. The number of pyridine rings is 1. The first-order valence-corrected chi connectivity index (χ1v) is 21.5. The van der Waals surface area contributed by atoms with E-state index in [0.29, 0.717) is 61.6 Å². The van der Waals surface area contributed by atoms with Gasteiger partial charge in [0.25, 0.3) is 0 Å². The average molecular weight is 1040 g/mol. The molecule has 0 spiro atoms. The minimum absolute atomic E-state index is 0. The number of benzene rings is 7. The SMILES string of the molecule is [2H]C(C)(C)c1ccc(-c2ccnc(-c3[c-]c(-c4cccc5c4nc(-c4cc(C(C)(C)C)cc(C)c4O)n5-c4ccc(C(C([2H])([2H])[2H])(C([2H])([2H])[2H])C([2H])([2H])[2H])cc4-c4ccccc4)cc(-c4ccccc4)c3)c2)cc1.[Pt]. The third-order valence-corrected chi connectivity index (χ3v) is 11.9. The molecule has 2 heterocycles. The first-order chi connectivity index (χ1) is 34.7. The number of phenols is 1. The summed E-state index contributed by atoms with van der Waals surface area (Å²) in [7, 11) is 0. The summed E-state index contributed by atoms with van der Waals surface area (Å²) in [5.74, 6) is -0.428. The van der Waals surface area contributed by atoms with Crippen molar-refractivity contribution in [3.8, 4) is 78.6 Å². The number of rotatable bonds is 8. The van der Waals surface area contributed by atoms with E-state index >= 15 is 0 Å². The van der Waals surface area contributed by atoms with Gasteiger partial charge in [-0.3, -0.25) is 9.55 Å². The van der Waals surface area contributed by atoms with Crippen molar-refractivity contribution in [2.45, 2.75) is 78.8 Å². The molecule has 2 aromatic heterocycles. The Hall–Kier alpha value is -6.35. The second-order valence-electron chi connectivity index (χ2n) is 17.8. The number of phenolic OH excluding ortho intramolecular Hbond substituents is 1. The molecule has 0 atom stereocenters. The molecule has 5 heteroatoms. The zero-order chi connectivity index (χ0) is 53.3. The predicted octanol–water partition coefficient (Wildman–Crippen LogP) is 16.0. The van der Waals surface area contributed by atoms with E-state index in [0.717, 1.165) is 38.9 Å². The summed E-state index contributed by atoms with van der Waals surface area (Å²) >= 11 is 0. The van der Waals surface area contributed by atoms with Crippen LogP contribution in [0.25, 0.3) is 83.9 Å². The largest absolute Gasteiger partial charge is 0.507 e. The summed E-state index contributed by atoms with van der Waals surface area (Å²) in [5, 5.41) is 12.1. The Morgan fingerprint density at radius 2 is 1.28 bits per heavy atom. The number of nitrogens with zero attached hydrogens (tertiary/aromatic N) is 3. The van der Waals surface area contributed by atoms with E-state index < -0.39 is 37.4 Å². The molecule has 65 heavy (non-hydrogen) atoms. The molecule has 0 saturated heterocycles. The molecule has 0 bridgehead atoms. The molecule has 0 saturated carbocycles. The fraction of sp³-hybridized carbons (Fsp3) is 0.200. The van der Waals surface area contributed by atoms with Crippen molar-refractivity contribution in [1.29, 1.82) is 0 Å². The number of aromatic hydroxyl groups is 1. The maximum atomic E-state index is 12.1. The summed E-state index contributed by atoms with van der Waals surface area (Å²) < 4.78 is 87.8. The fourth-order valence-electron chi connectivity index (χ4n) is 8.34. The van der Waals surface area contributed by atoms with Crippen LogP contribution in [0.4, 0.5) is 0 Å². The summed E-state index contributed by atoms with van der Waals surface area (Å²) in [6, 6.07) is 52.6. The minimum Gasteiger partial charge on any atom is -0.507 e. The van der Waals surface area contributed by atoms with E-state index in [4.69, 9.17) is 23.7 Å². The van der Waals surface area contributed by atoms with Gasteiger partial charge in [-0.15, -0.1) is 23.8 Å². The van der Waals surface area contributed by atoms with Gasteiger partial charge in [0.05, 0.1) is 22.3 Å². The number of para-hydroxylation sites is 1. The Balaban J connectivity index is 0.00000747. The van der Waals surface area contributed by atoms with E-state index in [9.17, 15) is 5.11 Å². The monoisotopic (exact) mass is 1040 g/mol. The van der Waals surface area contributed by atoms with Gasteiger partial charge < -0.3 is 5.11 Å². The molecule has 0 aliphatic rings. The first kappa shape index (κ1) is 34.1. The van der Waals surface area contributed by atoms with Crippen LogP contribution in [0.5, 0.6) is 5.75 Å². The molecule has 4 nitrogen and oxygen atoms in total. The standard InChI is InChI=1S/C60H56N3O.Pt/c1-38(2)40-23-25-42(26-24-40)44-29-30-61-53(35-44)47-33-45(41-17-12-10-13-18-41)32-46(34-47)50-21-16-22-55-56(50)62-58(52-37-49(60(7,8)9)31-39(3)57(52)64)63(55)54-28-27-48(59(4,5)6)36-51(54)43-19-14-11-15-20-43;/h10-33,35-38,64H,1-9H3;/q-1;/i4D3,5D3,6D3,38D;. The zero-order valence-electron chi connectivity index (χ0n) is 47.2. The number of aryl methyl sites for hydroxylation is 1. The topological polar surface area (TPSA) is 50.9 Å². The maximum Gasteiger partial charge on any atom is 0.148 e. The Morgan fingerprint density at radius 3 is 1.95 bits per heavy atom. The van der Waals surface area contributed by atoms with Crippen LogP contribution >= 0.6 is 0 Å². The number of imidazole rings is 1. The number of hydrogen-bond acceptors (Lipinski definition) is 3. The van der Waals surface area contributed by atoms with Gasteiger partial charge in [0.2, 0.25) is 0 Å². The number of hydrogen-bond donors (Lipinski definition) is 1. The van der Waals surface area contributed by atoms with Crippen LogP contribution < -0.4 is 0 Å². The summed E-state index contributed by atoms with van der Waals surface area (Å²) in [5.41, 5.74) is 7.80. The quantitative estimate of drug-likeness (QED) is 0.154. The van der Waals surface area contributed by atoms with E-state index in [1.54, 1.807) is 36.5 Å².